The molecule has 1 spiro atoms. The van der Waals surface area contributed by atoms with Crippen LogP contribution in [-0.4, -0.2) is 18.2 Å². The van der Waals surface area contributed by atoms with E-state index in [0.717, 1.165) is 27.6 Å². The minimum absolute atomic E-state index is 0.130. The third-order valence-corrected chi connectivity index (χ3v) is 5.57. The Morgan fingerprint density at radius 3 is 2.54 bits per heavy atom. The Hall–Kier alpha value is -3.20. The summed E-state index contributed by atoms with van der Waals surface area (Å²) in [7, 11) is 0. The summed E-state index contributed by atoms with van der Waals surface area (Å²) in [6.45, 7) is 2.48. The summed E-state index contributed by atoms with van der Waals surface area (Å²) in [4.78, 5) is 28.8. The van der Waals surface area contributed by atoms with Crippen molar-refractivity contribution in [1.82, 2.24) is 0 Å². The Bertz CT molecular complexity index is 1130. The summed E-state index contributed by atoms with van der Waals surface area (Å²) in [6, 6.07) is 19.4. The summed E-state index contributed by atoms with van der Waals surface area (Å²) < 4.78 is 0. The molecular weight excluding hydrogens is 322 g/mol. The minimum atomic E-state index is -1.26. The number of benzene rings is 3. The van der Waals surface area contributed by atoms with E-state index in [1.807, 2.05) is 73.7 Å². The molecule has 2 aliphatic rings. The van der Waals surface area contributed by atoms with Gasteiger partial charge in [0.2, 0.25) is 5.91 Å². The van der Waals surface area contributed by atoms with Crippen LogP contribution in [0.1, 0.15) is 28.4 Å². The highest BCUT2D eigenvalue weighted by molar-refractivity contribution is 6.32. The summed E-state index contributed by atoms with van der Waals surface area (Å²) >= 11 is 0. The molecule has 3 aromatic rings. The van der Waals surface area contributed by atoms with Crippen LogP contribution in [0.4, 0.5) is 5.69 Å². The van der Waals surface area contributed by atoms with Crippen LogP contribution >= 0.6 is 0 Å². The molecule has 0 fully saturated rings. The van der Waals surface area contributed by atoms with Gasteiger partial charge < -0.3 is 4.90 Å². The second kappa shape index (κ2) is 5.15. The molecule has 1 aliphatic carbocycles. The lowest BCUT2D eigenvalue weighted by atomic mass is 9.70. The number of likely N-dealkylation sites (N-methyl/N-ethyl adjacent to an activating group) is 1. The first-order valence-electron chi connectivity index (χ1n) is 8.85. The molecule has 3 aromatic carbocycles. The van der Waals surface area contributed by atoms with E-state index in [1.54, 1.807) is 11.0 Å². The van der Waals surface area contributed by atoms with Crippen molar-refractivity contribution in [3.63, 3.8) is 0 Å². The maximum absolute atomic E-state index is 13.6. The van der Waals surface area contributed by atoms with E-state index < -0.39 is 5.41 Å². The van der Waals surface area contributed by atoms with Crippen molar-refractivity contribution in [2.45, 2.75) is 12.3 Å². The maximum atomic E-state index is 13.6. The number of hydrogen-bond acceptors (Lipinski definition) is 2. The minimum Gasteiger partial charge on any atom is -0.311 e. The normalized spacial score (nSPS) is 20.7. The number of carbonyl (C=O) groups excluding carboxylic acids is 2. The van der Waals surface area contributed by atoms with Crippen LogP contribution in [0, 0.1) is 0 Å². The van der Waals surface area contributed by atoms with E-state index in [2.05, 4.69) is 0 Å². The largest absolute Gasteiger partial charge is 0.311 e. The first-order chi connectivity index (χ1) is 12.7. The van der Waals surface area contributed by atoms with Crippen molar-refractivity contribution in [3.05, 3.63) is 83.4 Å². The molecule has 1 heterocycles. The van der Waals surface area contributed by atoms with Crippen LogP contribution in [0.25, 0.3) is 16.8 Å². The van der Waals surface area contributed by atoms with Crippen molar-refractivity contribution in [2.24, 2.45) is 0 Å². The van der Waals surface area contributed by atoms with Crippen LogP contribution in [0.15, 0.2) is 66.7 Å². The lowest BCUT2D eigenvalue weighted by Crippen LogP contribution is -2.46. The van der Waals surface area contributed by atoms with Gasteiger partial charge in [0.1, 0.15) is 0 Å². The van der Waals surface area contributed by atoms with Crippen LogP contribution in [0.2, 0.25) is 0 Å². The molecule has 0 radical (unpaired) electrons. The zero-order chi connectivity index (χ0) is 17.9. The first-order valence-corrected chi connectivity index (χ1v) is 8.85. The van der Waals surface area contributed by atoms with E-state index in [4.69, 9.17) is 0 Å². The van der Waals surface area contributed by atoms with Crippen molar-refractivity contribution in [1.29, 1.82) is 0 Å². The van der Waals surface area contributed by atoms with E-state index in [9.17, 15) is 9.59 Å². The smallest absolute Gasteiger partial charge is 0.249 e. The molecule has 0 bridgehead atoms. The predicted octanol–water partition coefficient (Wildman–Crippen LogP) is 4.35. The molecule has 1 aliphatic heterocycles. The zero-order valence-corrected chi connectivity index (χ0v) is 14.4. The second-order valence-electron chi connectivity index (χ2n) is 6.79. The number of amides is 1. The SMILES string of the molecule is CCN1C(=O)[C@@]2(C=Cc3ccccc3C2=O)c2c1ccc1ccccc21. The number of carbonyl (C=O) groups is 2. The van der Waals surface area contributed by atoms with E-state index in [1.165, 1.54) is 0 Å². The Balaban J connectivity index is 1.90. The highest BCUT2D eigenvalue weighted by Crippen LogP contribution is 2.50. The van der Waals surface area contributed by atoms with Gasteiger partial charge in [-0.2, -0.15) is 0 Å². The topological polar surface area (TPSA) is 37.4 Å². The molecule has 26 heavy (non-hydrogen) atoms. The molecule has 0 saturated carbocycles. The second-order valence-corrected chi connectivity index (χ2v) is 6.79. The molecule has 1 atom stereocenters. The predicted molar refractivity (Wildman–Crippen MR) is 103 cm³/mol. The van der Waals surface area contributed by atoms with E-state index in [-0.39, 0.29) is 11.7 Å². The lowest BCUT2D eigenvalue weighted by Gasteiger charge is -2.28. The Morgan fingerprint density at radius 1 is 0.923 bits per heavy atom. The third kappa shape index (κ3) is 1.67. The van der Waals surface area contributed by atoms with Gasteiger partial charge in [-0.15, -0.1) is 0 Å². The standard InChI is InChI=1S/C23H17NO2/c1-2-24-19-12-11-15-7-3-5-9-17(15)20(19)23(22(24)26)14-13-16-8-4-6-10-18(16)21(23)25/h3-14H,2H2,1H3/t23-/m0/s1. The van der Waals surface area contributed by atoms with Gasteiger partial charge in [0.05, 0.1) is 0 Å². The quantitative estimate of drug-likeness (QED) is 0.618. The van der Waals surface area contributed by atoms with Crippen molar-refractivity contribution >= 4 is 34.2 Å². The molecule has 0 unspecified atom stereocenters. The fourth-order valence-corrected chi connectivity index (χ4v) is 4.36. The van der Waals surface area contributed by atoms with Crippen molar-refractivity contribution in [3.8, 4) is 0 Å². The number of hydrogen-bond donors (Lipinski definition) is 0. The molecule has 0 N–H and O–H groups in total. The van der Waals surface area contributed by atoms with Gasteiger partial charge in [0.25, 0.3) is 0 Å². The molecular formula is C23H17NO2. The molecule has 1 amide bonds. The molecule has 3 heteroatoms. The fourth-order valence-electron chi connectivity index (χ4n) is 4.36. The van der Waals surface area contributed by atoms with Gasteiger partial charge in [-0.1, -0.05) is 66.7 Å². The van der Waals surface area contributed by atoms with Gasteiger partial charge in [0.15, 0.2) is 11.2 Å². The van der Waals surface area contributed by atoms with Gasteiger partial charge in [-0.3, -0.25) is 9.59 Å². The van der Waals surface area contributed by atoms with Gasteiger partial charge in [-0.25, -0.2) is 0 Å². The zero-order valence-electron chi connectivity index (χ0n) is 14.4. The molecule has 3 nitrogen and oxygen atoms in total. The number of ketones is 1. The number of rotatable bonds is 1. The fraction of sp³-hybridized carbons (Fsp3) is 0.130. The van der Waals surface area contributed by atoms with Crippen LogP contribution < -0.4 is 4.90 Å². The highest BCUT2D eigenvalue weighted by Gasteiger charge is 2.56. The van der Waals surface area contributed by atoms with Crippen LogP contribution in [0.5, 0.6) is 0 Å². The number of anilines is 1. The van der Waals surface area contributed by atoms with E-state index in [0.29, 0.717) is 12.1 Å². The summed E-state index contributed by atoms with van der Waals surface area (Å²) in [5, 5.41) is 2.00. The van der Waals surface area contributed by atoms with Crippen LogP contribution in [0.3, 0.4) is 0 Å². The third-order valence-electron chi connectivity index (χ3n) is 5.57. The summed E-state index contributed by atoms with van der Waals surface area (Å²) in [5.41, 5.74) is 1.88. The van der Waals surface area contributed by atoms with E-state index >= 15 is 0 Å². The Labute approximate surface area is 151 Å². The van der Waals surface area contributed by atoms with Gasteiger partial charge in [0, 0.05) is 23.4 Å². The molecule has 5 rings (SSSR count). The maximum Gasteiger partial charge on any atom is 0.249 e. The highest BCUT2D eigenvalue weighted by atomic mass is 16.2. The molecule has 0 aromatic heterocycles. The Morgan fingerprint density at radius 2 is 1.69 bits per heavy atom. The summed E-state index contributed by atoms with van der Waals surface area (Å²) in [5.74, 6) is -0.281. The van der Waals surface area contributed by atoms with Gasteiger partial charge in [-0.05, 0) is 29.3 Å². The lowest BCUT2D eigenvalue weighted by molar-refractivity contribution is -0.120. The molecule has 0 saturated heterocycles. The first kappa shape index (κ1) is 15.1. The van der Waals surface area contributed by atoms with Gasteiger partial charge >= 0.3 is 0 Å². The van der Waals surface area contributed by atoms with Crippen molar-refractivity contribution in [2.75, 3.05) is 11.4 Å². The number of nitrogens with zero attached hydrogens (tertiary/aromatic N) is 1. The van der Waals surface area contributed by atoms with Crippen LogP contribution in [-0.2, 0) is 10.2 Å². The average Bonchev–Trinajstić information content (AvgIpc) is 2.93. The monoisotopic (exact) mass is 339 g/mol. The summed E-state index contributed by atoms with van der Waals surface area (Å²) in [6.07, 6.45) is 3.72. The van der Waals surface area contributed by atoms with Crippen molar-refractivity contribution < 1.29 is 9.59 Å². The number of fused-ring (bicyclic) bond motifs is 5. The average molecular weight is 339 g/mol. The molecule has 126 valence electrons. The number of Topliss-reactive ketones (excluding diaryl/α,β-unsaturated/α-hetero) is 1. The Kier molecular flexibility index (Phi) is 2.99.